The molecule has 0 bridgehead atoms. The van der Waals surface area contributed by atoms with Crippen molar-refractivity contribution in [2.24, 2.45) is 0 Å². The lowest BCUT2D eigenvalue weighted by Crippen LogP contribution is -2.33. The van der Waals surface area contributed by atoms with E-state index in [1.165, 1.54) is 42.4 Å². The smallest absolute Gasteiger partial charge is 0.163 e. The average molecular weight is 661 g/mol. The Hall–Kier alpha value is -4.38. The van der Waals surface area contributed by atoms with Gasteiger partial charge in [-0.2, -0.15) is 0 Å². The number of fused-ring (bicyclic) bond motifs is 3. The van der Waals surface area contributed by atoms with Gasteiger partial charge < -0.3 is 9.80 Å². The topological polar surface area (TPSA) is 40.6 Å². The van der Waals surface area contributed by atoms with Gasteiger partial charge in [-0.25, -0.2) is 0 Å². The van der Waals surface area contributed by atoms with Crippen molar-refractivity contribution in [2.45, 2.75) is 63.2 Å². The van der Waals surface area contributed by atoms with Crippen LogP contribution >= 0.6 is 0 Å². The molecule has 0 atom stereocenters. The molecule has 254 valence electrons. The zero-order valence-electron chi connectivity index (χ0n) is 29.2. The number of Topliss-reactive ketones (excluding diaryl/α,β-unsaturated/α-hetero) is 2. The van der Waals surface area contributed by atoms with Crippen LogP contribution < -0.4 is 0 Å². The maximum Gasteiger partial charge on any atom is 0.163 e. The number of rotatable bonds is 12. The summed E-state index contributed by atoms with van der Waals surface area (Å²) in [6, 6.07) is 38.5. The second kappa shape index (κ2) is 14.8. The van der Waals surface area contributed by atoms with Crippen LogP contribution in [0.2, 0.25) is 0 Å². The van der Waals surface area contributed by atoms with E-state index in [1.54, 1.807) is 0 Å². The van der Waals surface area contributed by atoms with Gasteiger partial charge in [-0.15, -0.1) is 0 Å². The second-order valence-corrected chi connectivity index (χ2v) is 14.8. The Labute approximate surface area is 297 Å². The van der Waals surface area contributed by atoms with Crippen LogP contribution in [0.1, 0.15) is 95.0 Å². The summed E-state index contributed by atoms with van der Waals surface area (Å²) in [5.41, 5.74) is 9.11. The van der Waals surface area contributed by atoms with Crippen molar-refractivity contribution >= 4 is 22.3 Å². The molecule has 0 saturated carbocycles. The van der Waals surface area contributed by atoms with E-state index >= 15 is 0 Å². The highest BCUT2D eigenvalue weighted by molar-refractivity contribution is 6.21. The SMILES string of the molecule is O=C(CCCN1CCC(c2ccccc2)CC1)c1ccc2c(c1)-c1ccc(C(=O)CCCN3CCC(c4ccccc4)CC3)c3cccc-2c13. The molecule has 3 aliphatic rings. The minimum absolute atomic E-state index is 0.218. The largest absolute Gasteiger partial charge is 0.303 e. The molecule has 2 heterocycles. The number of carbonyl (C=O) groups is 2. The third-order valence-electron chi connectivity index (χ3n) is 11.7. The maximum absolute atomic E-state index is 13.6. The van der Waals surface area contributed by atoms with E-state index in [-0.39, 0.29) is 11.6 Å². The van der Waals surface area contributed by atoms with Crippen LogP contribution in [0.25, 0.3) is 33.0 Å². The summed E-state index contributed by atoms with van der Waals surface area (Å²) in [6.07, 6.45) is 7.67. The average Bonchev–Trinajstić information content (AvgIpc) is 3.50. The molecule has 2 aliphatic heterocycles. The van der Waals surface area contributed by atoms with Gasteiger partial charge in [-0.1, -0.05) is 103 Å². The number of hydrogen-bond donors (Lipinski definition) is 0. The van der Waals surface area contributed by atoms with Gasteiger partial charge in [-0.3, -0.25) is 9.59 Å². The van der Waals surface area contributed by atoms with Gasteiger partial charge in [0.15, 0.2) is 11.6 Å². The van der Waals surface area contributed by atoms with Crippen LogP contribution in [0.15, 0.2) is 109 Å². The summed E-state index contributed by atoms with van der Waals surface area (Å²) in [6.45, 7) is 6.37. The Morgan fingerprint density at radius 2 is 1.06 bits per heavy atom. The number of piperidine rings is 2. The summed E-state index contributed by atoms with van der Waals surface area (Å²) in [7, 11) is 0. The van der Waals surface area contributed by atoms with Crippen molar-refractivity contribution in [3.05, 3.63) is 131 Å². The first-order chi connectivity index (χ1) is 24.6. The van der Waals surface area contributed by atoms with Gasteiger partial charge in [0.25, 0.3) is 0 Å². The molecule has 50 heavy (non-hydrogen) atoms. The van der Waals surface area contributed by atoms with E-state index in [1.807, 2.05) is 12.1 Å². The molecule has 0 N–H and O–H groups in total. The monoisotopic (exact) mass is 660 g/mol. The van der Waals surface area contributed by atoms with Gasteiger partial charge in [0.1, 0.15) is 0 Å². The maximum atomic E-state index is 13.6. The summed E-state index contributed by atoms with van der Waals surface area (Å²) < 4.78 is 0. The van der Waals surface area contributed by atoms with Crippen LogP contribution in [-0.2, 0) is 0 Å². The summed E-state index contributed by atoms with van der Waals surface area (Å²) >= 11 is 0. The van der Waals surface area contributed by atoms with Gasteiger partial charge >= 0.3 is 0 Å². The molecular formula is C46H48N2O2. The third kappa shape index (κ3) is 6.84. The Balaban J connectivity index is 0.864. The zero-order valence-corrected chi connectivity index (χ0v) is 29.2. The highest BCUT2D eigenvalue weighted by Crippen LogP contribution is 2.48. The lowest BCUT2D eigenvalue weighted by Gasteiger charge is -2.32. The zero-order chi connectivity index (χ0) is 33.9. The molecule has 0 amide bonds. The first-order valence-corrected chi connectivity index (χ1v) is 18.9. The number of nitrogens with zero attached hydrogens (tertiary/aromatic N) is 2. The van der Waals surface area contributed by atoms with Crippen LogP contribution in [0.4, 0.5) is 0 Å². The Bertz CT molecular complexity index is 1970. The predicted molar refractivity (Wildman–Crippen MR) is 205 cm³/mol. The number of hydrogen-bond acceptors (Lipinski definition) is 4. The van der Waals surface area contributed by atoms with E-state index in [2.05, 4.69) is 107 Å². The standard InChI is InChI=1S/C46H48N2O2/c49-44(16-8-26-47-28-22-35(23-29-47)33-10-3-1-4-11-33)37-18-19-38-40-14-7-15-41-39(20-21-42(46(40)41)43(38)32-37)45(50)17-9-27-48-30-24-36(25-31-48)34-12-5-2-6-13-34/h1-7,10-15,18-21,32,35-36H,8-9,16-17,22-31H2. The normalized spacial score (nSPS) is 16.9. The molecule has 0 radical (unpaired) electrons. The number of benzene rings is 5. The van der Waals surface area contributed by atoms with Crippen molar-refractivity contribution in [1.29, 1.82) is 0 Å². The Morgan fingerprint density at radius 3 is 1.66 bits per heavy atom. The van der Waals surface area contributed by atoms with Crippen molar-refractivity contribution < 1.29 is 9.59 Å². The second-order valence-electron chi connectivity index (χ2n) is 14.8. The van der Waals surface area contributed by atoms with E-state index in [9.17, 15) is 9.59 Å². The van der Waals surface area contributed by atoms with Crippen LogP contribution in [0.3, 0.4) is 0 Å². The van der Waals surface area contributed by atoms with Crippen molar-refractivity contribution in [3.63, 3.8) is 0 Å². The van der Waals surface area contributed by atoms with E-state index in [0.29, 0.717) is 24.7 Å². The summed E-state index contributed by atoms with van der Waals surface area (Å²) in [5, 5.41) is 2.19. The highest BCUT2D eigenvalue weighted by atomic mass is 16.1. The van der Waals surface area contributed by atoms with Gasteiger partial charge in [-0.05, 0) is 140 Å². The van der Waals surface area contributed by atoms with Gasteiger partial charge in [0.05, 0.1) is 0 Å². The molecule has 5 aromatic rings. The minimum Gasteiger partial charge on any atom is -0.303 e. The molecule has 4 heteroatoms. The molecule has 0 aromatic heterocycles. The number of likely N-dealkylation sites (tertiary alicyclic amines) is 2. The minimum atomic E-state index is 0.218. The summed E-state index contributed by atoms with van der Waals surface area (Å²) in [4.78, 5) is 32.1. The summed E-state index contributed by atoms with van der Waals surface area (Å²) in [5.74, 6) is 1.75. The molecule has 5 aromatic carbocycles. The first-order valence-electron chi connectivity index (χ1n) is 18.9. The molecule has 2 fully saturated rings. The molecule has 2 saturated heterocycles. The van der Waals surface area contributed by atoms with Gasteiger partial charge in [0, 0.05) is 24.0 Å². The lowest BCUT2D eigenvalue weighted by atomic mass is 9.89. The van der Waals surface area contributed by atoms with Crippen molar-refractivity contribution in [3.8, 4) is 22.3 Å². The Kier molecular flexibility index (Phi) is 9.74. The van der Waals surface area contributed by atoms with Crippen LogP contribution in [-0.4, -0.2) is 60.6 Å². The number of ketones is 2. The molecule has 0 spiro atoms. The predicted octanol–water partition coefficient (Wildman–Crippen LogP) is 10.2. The van der Waals surface area contributed by atoms with Crippen molar-refractivity contribution in [2.75, 3.05) is 39.3 Å². The van der Waals surface area contributed by atoms with Crippen LogP contribution in [0, 0.1) is 0 Å². The fourth-order valence-corrected chi connectivity index (χ4v) is 8.91. The quantitative estimate of drug-likeness (QED) is 0.123. The van der Waals surface area contributed by atoms with Crippen molar-refractivity contribution in [1.82, 2.24) is 9.80 Å². The molecule has 0 unspecified atom stereocenters. The molecule has 8 rings (SSSR count). The third-order valence-corrected chi connectivity index (χ3v) is 11.7. The fraction of sp³-hybridized carbons (Fsp3) is 0.348. The fourth-order valence-electron chi connectivity index (χ4n) is 8.91. The molecular weight excluding hydrogens is 613 g/mol. The Morgan fingerprint density at radius 1 is 0.520 bits per heavy atom. The van der Waals surface area contributed by atoms with E-state index in [4.69, 9.17) is 0 Å². The van der Waals surface area contributed by atoms with Gasteiger partial charge in [0.2, 0.25) is 0 Å². The molecule has 4 nitrogen and oxygen atoms in total. The van der Waals surface area contributed by atoms with E-state index < -0.39 is 0 Å². The molecule has 1 aliphatic carbocycles. The number of carbonyl (C=O) groups excluding carboxylic acids is 2. The van der Waals surface area contributed by atoms with E-state index in [0.717, 1.165) is 90.7 Å². The van der Waals surface area contributed by atoms with Crippen LogP contribution in [0.5, 0.6) is 0 Å². The highest BCUT2D eigenvalue weighted by Gasteiger charge is 2.26. The first kappa shape index (κ1) is 32.8. The lowest BCUT2D eigenvalue weighted by molar-refractivity contribution is 0.0965.